The highest BCUT2D eigenvalue weighted by molar-refractivity contribution is 6.33. The first-order chi connectivity index (χ1) is 28.5. The highest BCUT2D eigenvalue weighted by Gasteiger charge is 2.47. The zero-order chi connectivity index (χ0) is 40.8. The third kappa shape index (κ3) is 7.92. The Labute approximate surface area is 347 Å². The van der Waals surface area contributed by atoms with E-state index in [1.54, 1.807) is 36.5 Å². The van der Waals surface area contributed by atoms with Gasteiger partial charge in [-0.05, 0) is 120 Å². The molecule has 3 saturated heterocycles. The Balaban J connectivity index is 0.687. The van der Waals surface area contributed by atoms with Crippen molar-refractivity contribution in [3.63, 3.8) is 0 Å². The van der Waals surface area contributed by atoms with Crippen LogP contribution in [0.4, 0.5) is 11.4 Å². The fraction of sp³-hybridized carbons (Fsp3) is 0.535. The van der Waals surface area contributed by atoms with Gasteiger partial charge in [-0.2, -0.15) is 0 Å². The lowest BCUT2D eigenvalue weighted by atomic mass is 9.71. The summed E-state index contributed by atoms with van der Waals surface area (Å²) < 4.78 is 7.99. The van der Waals surface area contributed by atoms with Crippen LogP contribution in [0.25, 0.3) is 4.85 Å². The molecule has 16 heteroatoms. The molecule has 1 unspecified atom stereocenters. The maximum absolute atomic E-state index is 13.3. The molecule has 2 saturated carbocycles. The van der Waals surface area contributed by atoms with Crippen LogP contribution in [0, 0.1) is 17.9 Å². The van der Waals surface area contributed by atoms with Gasteiger partial charge in [0.2, 0.25) is 17.5 Å². The van der Waals surface area contributed by atoms with Crippen LogP contribution in [0.1, 0.15) is 114 Å². The average Bonchev–Trinajstić information content (AvgIpc) is 3.81. The standard InChI is InChI=1S/C43H48ClN9O6/c1-45-35-13-11-31(21-34(35)44)59-30-9-4-27(5-10-30)46-39(55)36-23-52(49-48-36)28-6-2-26(3-7-28)22-50-18-16-43(17-19-50)24-51(25-43)29-8-12-32-33(20-29)42(58)53(41(32)57)37-14-15-38(54)47-40(37)56/h8,11-13,20-21,23,26-28,30,37H,2-7,9-10,14-19,22,24-25H2,(H,46,55)(H,47,54,56). The molecule has 4 aliphatic heterocycles. The zero-order valence-corrected chi connectivity index (χ0v) is 33.7. The van der Waals surface area contributed by atoms with Gasteiger partial charge in [-0.3, -0.25) is 34.2 Å². The molecular weight excluding hydrogens is 774 g/mol. The number of carbonyl (C=O) groups excluding carboxylic acids is 5. The van der Waals surface area contributed by atoms with Crippen LogP contribution in [-0.2, 0) is 9.59 Å². The van der Waals surface area contributed by atoms with Crippen LogP contribution < -0.4 is 20.3 Å². The number of anilines is 1. The monoisotopic (exact) mass is 821 g/mol. The number of nitrogens with one attached hydrogen (secondary N) is 2. The molecule has 2 aliphatic carbocycles. The largest absolute Gasteiger partial charge is 0.490 e. The van der Waals surface area contributed by atoms with E-state index in [9.17, 15) is 24.0 Å². The number of carbonyl (C=O) groups is 5. The van der Waals surface area contributed by atoms with Gasteiger partial charge in [-0.25, -0.2) is 9.53 Å². The molecule has 0 bridgehead atoms. The number of fused-ring (bicyclic) bond motifs is 1. The number of rotatable bonds is 9. The molecule has 15 nitrogen and oxygen atoms in total. The van der Waals surface area contributed by atoms with E-state index in [1.807, 2.05) is 10.7 Å². The maximum atomic E-state index is 13.3. The lowest BCUT2D eigenvalue weighted by molar-refractivity contribution is -0.136. The van der Waals surface area contributed by atoms with Gasteiger partial charge >= 0.3 is 0 Å². The fourth-order valence-electron chi connectivity index (χ4n) is 10.1. The van der Waals surface area contributed by atoms with Gasteiger partial charge in [0.15, 0.2) is 5.69 Å². The van der Waals surface area contributed by atoms with Crippen molar-refractivity contribution in [2.24, 2.45) is 11.3 Å². The van der Waals surface area contributed by atoms with Crippen LogP contribution in [0.2, 0.25) is 5.02 Å². The fourth-order valence-corrected chi connectivity index (χ4v) is 10.3. The molecule has 6 aliphatic rings. The number of amides is 5. The molecule has 1 aromatic heterocycles. The van der Waals surface area contributed by atoms with Crippen LogP contribution in [0.15, 0.2) is 42.6 Å². The second kappa shape index (κ2) is 16.0. The lowest BCUT2D eigenvalue weighted by Gasteiger charge is -2.55. The second-order valence-electron chi connectivity index (χ2n) is 17.4. The molecule has 5 fully saturated rings. The van der Waals surface area contributed by atoms with Gasteiger partial charge in [0.1, 0.15) is 11.8 Å². The minimum absolute atomic E-state index is 0.0340. The lowest BCUT2D eigenvalue weighted by Crippen LogP contribution is -2.60. The number of nitrogens with zero attached hydrogens (tertiary/aromatic N) is 7. The Bertz CT molecular complexity index is 2210. The summed E-state index contributed by atoms with van der Waals surface area (Å²) in [5, 5.41) is 14.4. The van der Waals surface area contributed by atoms with Crippen molar-refractivity contribution < 1.29 is 28.7 Å². The Morgan fingerprint density at radius 2 is 1.68 bits per heavy atom. The molecule has 5 heterocycles. The van der Waals surface area contributed by atoms with Crippen molar-refractivity contribution in [3.05, 3.63) is 75.9 Å². The predicted molar refractivity (Wildman–Crippen MR) is 216 cm³/mol. The average molecular weight is 822 g/mol. The maximum Gasteiger partial charge on any atom is 0.273 e. The van der Waals surface area contributed by atoms with E-state index in [2.05, 4.69) is 35.6 Å². The molecule has 2 N–H and O–H groups in total. The molecule has 3 aromatic rings. The van der Waals surface area contributed by atoms with E-state index in [4.69, 9.17) is 22.9 Å². The van der Waals surface area contributed by atoms with Crippen molar-refractivity contribution in [3.8, 4) is 5.75 Å². The molecule has 9 rings (SSSR count). The number of hydrogen-bond acceptors (Lipinski definition) is 10. The smallest absolute Gasteiger partial charge is 0.273 e. The number of benzene rings is 2. The number of halogens is 1. The predicted octanol–water partition coefficient (Wildman–Crippen LogP) is 5.34. The summed E-state index contributed by atoms with van der Waals surface area (Å²) in [5.41, 5.74) is 2.56. The van der Waals surface area contributed by atoms with E-state index in [0.29, 0.717) is 39.2 Å². The number of aromatic nitrogens is 3. The van der Waals surface area contributed by atoms with Crippen LogP contribution >= 0.6 is 11.6 Å². The number of likely N-dealkylation sites (tertiary alicyclic amines) is 1. The van der Waals surface area contributed by atoms with Gasteiger partial charge in [0.05, 0.1) is 41.1 Å². The molecule has 308 valence electrons. The summed E-state index contributed by atoms with van der Waals surface area (Å²) in [4.78, 5) is 72.9. The van der Waals surface area contributed by atoms with Crippen molar-refractivity contribution >= 4 is 52.5 Å². The topological polar surface area (TPSA) is 163 Å². The minimum atomic E-state index is -0.965. The van der Waals surface area contributed by atoms with Gasteiger partial charge < -0.3 is 19.9 Å². The van der Waals surface area contributed by atoms with E-state index in [1.165, 1.54) is 0 Å². The van der Waals surface area contributed by atoms with Gasteiger partial charge in [-0.15, -0.1) is 5.10 Å². The summed E-state index contributed by atoms with van der Waals surface area (Å²) in [7, 11) is 0. The highest BCUT2D eigenvalue weighted by atomic mass is 35.5. The summed E-state index contributed by atoms with van der Waals surface area (Å²) in [6.07, 6.45) is 11.8. The second-order valence-corrected chi connectivity index (χ2v) is 17.8. The Kier molecular flexibility index (Phi) is 10.6. The third-order valence-corrected chi connectivity index (χ3v) is 13.9. The quantitative estimate of drug-likeness (QED) is 0.213. The minimum Gasteiger partial charge on any atom is -0.490 e. The summed E-state index contributed by atoms with van der Waals surface area (Å²) in [6.45, 7) is 12.2. The number of imide groups is 2. The first-order valence-corrected chi connectivity index (χ1v) is 21.3. The Morgan fingerprint density at radius 1 is 0.932 bits per heavy atom. The summed E-state index contributed by atoms with van der Waals surface area (Å²) in [6, 6.07) is 9.84. The number of ether oxygens (including phenoxy) is 1. The molecule has 1 spiro atoms. The van der Waals surface area contributed by atoms with Gasteiger partial charge in [0, 0.05) is 43.2 Å². The Morgan fingerprint density at radius 3 is 2.39 bits per heavy atom. The van der Waals surface area contributed by atoms with E-state index in [0.717, 1.165) is 108 Å². The van der Waals surface area contributed by atoms with E-state index >= 15 is 0 Å². The summed E-state index contributed by atoms with van der Waals surface area (Å²) in [5.74, 6) is -0.845. The number of hydrogen-bond donors (Lipinski definition) is 2. The number of piperidine rings is 2. The SMILES string of the molecule is [C-]#[N+]c1ccc(OC2CCC(NC(=O)c3cn(C4CCC(CN5CCC6(CC5)CN(c5ccc7c(c5)C(=O)N(C5CCC(=O)NC5=O)C7=O)C6)CC4)nn3)CC2)cc1Cl. The molecule has 0 radical (unpaired) electrons. The Hall–Kier alpha value is -5.33. The summed E-state index contributed by atoms with van der Waals surface area (Å²) >= 11 is 6.17. The van der Waals surface area contributed by atoms with E-state index in [-0.39, 0.29) is 48.3 Å². The molecule has 5 amide bonds. The first kappa shape index (κ1) is 39.1. The highest BCUT2D eigenvalue weighted by Crippen LogP contribution is 2.44. The van der Waals surface area contributed by atoms with Crippen molar-refractivity contribution in [1.29, 1.82) is 0 Å². The molecule has 2 aromatic carbocycles. The van der Waals surface area contributed by atoms with Crippen LogP contribution in [0.5, 0.6) is 5.75 Å². The van der Waals surface area contributed by atoms with Crippen LogP contribution in [0.3, 0.4) is 0 Å². The normalized spacial score (nSPS) is 26.9. The van der Waals surface area contributed by atoms with Gasteiger partial charge in [0.25, 0.3) is 17.7 Å². The molecular formula is C43H48ClN9O6. The molecule has 59 heavy (non-hydrogen) atoms. The molecule has 1 atom stereocenters. The van der Waals surface area contributed by atoms with Crippen molar-refractivity contribution in [1.82, 2.24) is 35.4 Å². The zero-order valence-electron chi connectivity index (χ0n) is 32.9. The third-order valence-electron chi connectivity index (χ3n) is 13.6. The van der Waals surface area contributed by atoms with Crippen molar-refractivity contribution in [2.45, 2.75) is 101 Å². The van der Waals surface area contributed by atoms with Crippen LogP contribution in [-0.4, -0.2) is 105 Å². The van der Waals surface area contributed by atoms with Crippen molar-refractivity contribution in [2.75, 3.05) is 37.6 Å². The first-order valence-electron chi connectivity index (χ1n) is 20.9. The van der Waals surface area contributed by atoms with Gasteiger partial charge in [-0.1, -0.05) is 22.9 Å². The van der Waals surface area contributed by atoms with E-state index < -0.39 is 23.8 Å².